The predicted molar refractivity (Wildman–Crippen MR) is 77.7 cm³/mol. The second-order valence-electron chi connectivity index (χ2n) is 4.81. The van der Waals surface area contributed by atoms with E-state index in [1.807, 2.05) is 22.8 Å². The van der Waals surface area contributed by atoms with Crippen LogP contribution in [0.1, 0.15) is 21.9 Å². The van der Waals surface area contributed by atoms with Gasteiger partial charge in [0.25, 0.3) is 0 Å². The molecule has 1 N–H and O–H groups in total. The van der Waals surface area contributed by atoms with Gasteiger partial charge in [-0.2, -0.15) is 0 Å². The van der Waals surface area contributed by atoms with E-state index >= 15 is 0 Å². The van der Waals surface area contributed by atoms with Gasteiger partial charge in [-0.3, -0.25) is 4.79 Å². The van der Waals surface area contributed by atoms with Crippen LogP contribution < -0.4 is 5.43 Å². The Morgan fingerprint density at radius 3 is 2.76 bits per heavy atom. The van der Waals surface area contributed by atoms with Crippen molar-refractivity contribution in [2.75, 3.05) is 0 Å². The van der Waals surface area contributed by atoms with Crippen molar-refractivity contribution >= 4 is 16.9 Å². The van der Waals surface area contributed by atoms with Gasteiger partial charge in [0.2, 0.25) is 0 Å². The molecule has 1 aromatic carbocycles. The highest BCUT2D eigenvalue weighted by Crippen LogP contribution is 2.17. The molecule has 5 nitrogen and oxygen atoms in total. The molecule has 0 aliphatic rings. The third-order valence-electron chi connectivity index (χ3n) is 3.41. The van der Waals surface area contributed by atoms with E-state index in [4.69, 9.17) is 9.52 Å². The highest BCUT2D eigenvalue weighted by Gasteiger charge is 2.14. The Kier molecular flexibility index (Phi) is 3.10. The zero-order valence-electron chi connectivity index (χ0n) is 11.4. The molecule has 0 amide bonds. The lowest BCUT2D eigenvalue weighted by Gasteiger charge is -2.08. The van der Waals surface area contributed by atoms with Crippen molar-refractivity contribution in [3.05, 3.63) is 69.9 Å². The van der Waals surface area contributed by atoms with E-state index in [0.717, 1.165) is 5.52 Å². The molecule has 0 spiro atoms. The Bertz CT molecular complexity index is 889. The molecule has 0 fully saturated rings. The number of furan rings is 1. The van der Waals surface area contributed by atoms with Crippen LogP contribution in [0.15, 0.2) is 51.8 Å². The molecule has 0 aliphatic heterocycles. The molecule has 2 aromatic heterocycles. The molecule has 0 bridgehead atoms. The molecule has 5 heteroatoms. The molecule has 0 radical (unpaired) electrons. The number of carbonyl (C=O) groups is 1. The number of hydrogen-bond acceptors (Lipinski definition) is 3. The maximum atomic E-state index is 11.8. The molecule has 0 saturated heterocycles. The van der Waals surface area contributed by atoms with Crippen LogP contribution in [0.3, 0.4) is 0 Å². The van der Waals surface area contributed by atoms with E-state index in [-0.39, 0.29) is 11.0 Å². The highest BCUT2D eigenvalue weighted by molar-refractivity contribution is 5.88. The molecular formula is C16H13NO4. The monoisotopic (exact) mass is 283 g/mol. The number of aromatic nitrogens is 1. The van der Waals surface area contributed by atoms with Gasteiger partial charge < -0.3 is 14.1 Å². The average molecular weight is 283 g/mol. The van der Waals surface area contributed by atoms with Crippen molar-refractivity contribution in [2.45, 2.75) is 13.5 Å². The molecule has 106 valence electrons. The Labute approximate surface area is 120 Å². The van der Waals surface area contributed by atoms with Gasteiger partial charge >= 0.3 is 5.97 Å². The fourth-order valence-electron chi connectivity index (χ4n) is 2.40. The largest absolute Gasteiger partial charge is 0.478 e. The van der Waals surface area contributed by atoms with E-state index in [0.29, 0.717) is 23.5 Å². The first-order valence-electron chi connectivity index (χ1n) is 6.47. The SMILES string of the molecule is Cc1oc(Cn2ccc(=O)c3ccccc32)cc1C(=O)O. The first kappa shape index (κ1) is 13.2. The zero-order valence-corrected chi connectivity index (χ0v) is 11.4. The number of para-hydroxylation sites is 1. The minimum Gasteiger partial charge on any atom is -0.478 e. The fourth-order valence-corrected chi connectivity index (χ4v) is 2.40. The number of aromatic carboxylic acids is 1. The number of fused-ring (bicyclic) bond motifs is 1. The number of hydrogen-bond donors (Lipinski definition) is 1. The standard InChI is InChI=1S/C16H13NO4/c1-10-13(16(19)20)8-11(21-10)9-17-7-6-15(18)12-4-2-3-5-14(12)17/h2-8H,9H2,1H3,(H,19,20). The Morgan fingerprint density at radius 2 is 2.05 bits per heavy atom. The minimum atomic E-state index is -1.01. The first-order chi connectivity index (χ1) is 10.1. The predicted octanol–water partition coefficient (Wildman–Crippen LogP) is 2.65. The third-order valence-corrected chi connectivity index (χ3v) is 3.41. The summed E-state index contributed by atoms with van der Waals surface area (Å²) in [4.78, 5) is 22.9. The maximum Gasteiger partial charge on any atom is 0.339 e. The van der Waals surface area contributed by atoms with Crippen molar-refractivity contribution in [1.29, 1.82) is 0 Å². The smallest absolute Gasteiger partial charge is 0.339 e. The minimum absolute atomic E-state index is 0.0382. The number of aryl methyl sites for hydroxylation is 1. The summed E-state index contributed by atoms with van der Waals surface area (Å²) in [6.07, 6.45) is 1.68. The number of carboxylic acid groups (broad SMARTS) is 1. The van der Waals surface area contributed by atoms with Gasteiger partial charge in [0, 0.05) is 17.6 Å². The van der Waals surface area contributed by atoms with Crippen LogP contribution >= 0.6 is 0 Å². The number of rotatable bonds is 3. The Balaban J connectivity index is 2.07. The normalized spacial score (nSPS) is 10.9. The lowest BCUT2D eigenvalue weighted by molar-refractivity contribution is 0.0695. The molecule has 3 rings (SSSR count). The van der Waals surface area contributed by atoms with Crippen LogP contribution in [0.2, 0.25) is 0 Å². The van der Waals surface area contributed by atoms with Gasteiger partial charge in [0.05, 0.1) is 12.1 Å². The fraction of sp³-hybridized carbons (Fsp3) is 0.125. The van der Waals surface area contributed by atoms with Crippen LogP contribution in [0.25, 0.3) is 10.9 Å². The molecule has 0 unspecified atom stereocenters. The third kappa shape index (κ3) is 2.33. The van der Waals surface area contributed by atoms with Crippen LogP contribution in [0.4, 0.5) is 0 Å². The quantitative estimate of drug-likeness (QED) is 0.802. The Morgan fingerprint density at radius 1 is 1.29 bits per heavy atom. The maximum absolute atomic E-state index is 11.8. The molecule has 0 atom stereocenters. The molecule has 0 aliphatic carbocycles. The summed E-state index contributed by atoms with van der Waals surface area (Å²) in [6.45, 7) is 1.99. The van der Waals surface area contributed by atoms with Crippen LogP contribution in [-0.2, 0) is 6.54 Å². The van der Waals surface area contributed by atoms with Crippen molar-refractivity contribution in [3.63, 3.8) is 0 Å². The number of benzene rings is 1. The Hall–Kier alpha value is -2.82. The van der Waals surface area contributed by atoms with Gasteiger partial charge in [-0.1, -0.05) is 12.1 Å². The van der Waals surface area contributed by atoms with Crippen molar-refractivity contribution in [3.8, 4) is 0 Å². The van der Waals surface area contributed by atoms with E-state index in [1.54, 1.807) is 19.2 Å². The van der Waals surface area contributed by atoms with Crippen LogP contribution in [0.5, 0.6) is 0 Å². The van der Waals surface area contributed by atoms with Gasteiger partial charge in [0.15, 0.2) is 5.43 Å². The summed E-state index contributed by atoms with van der Waals surface area (Å²) >= 11 is 0. The molecular weight excluding hydrogens is 270 g/mol. The molecule has 0 saturated carbocycles. The van der Waals surface area contributed by atoms with E-state index in [1.165, 1.54) is 12.1 Å². The summed E-state index contributed by atoms with van der Waals surface area (Å²) in [6, 6.07) is 10.3. The second-order valence-corrected chi connectivity index (χ2v) is 4.81. The van der Waals surface area contributed by atoms with Gasteiger partial charge in [-0.15, -0.1) is 0 Å². The van der Waals surface area contributed by atoms with Crippen LogP contribution in [0, 0.1) is 6.92 Å². The molecule has 21 heavy (non-hydrogen) atoms. The molecule has 3 aromatic rings. The van der Waals surface area contributed by atoms with E-state index < -0.39 is 5.97 Å². The first-order valence-corrected chi connectivity index (χ1v) is 6.47. The van der Waals surface area contributed by atoms with E-state index in [9.17, 15) is 9.59 Å². The lowest BCUT2D eigenvalue weighted by Crippen LogP contribution is -2.08. The topological polar surface area (TPSA) is 72.4 Å². The van der Waals surface area contributed by atoms with Crippen LogP contribution in [-0.4, -0.2) is 15.6 Å². The van der Waals surface area contributed by atoms with Crippen molar-refractivity contribution in [1.82, 2.24) is 4.57 Å². The summed E-state index contributed by atoms with van der Waals surface area (Å²) in [5, 5.41) is 9.67. The zero-order chi connectivity index (χ0) is 15.0. The summed E-state index contributed by atoms with van der Waals surface area (Å²) < 4.78 is 7.34. The molecule has 2 heterocycles. The lowest BCUT2D eigenvalue weighted by atomic mass is 10.2. The second kappa shape index (κ2) is 4.94. The number of pyridine rings is 1. The average Bonchev–Trinajstić information content (AvgIpc) is 2.83. The summed E-state index contributed by atoms with van der Waals surface area (Å²) in [5.74, 6) is -0.0891. The van der Waals surface area contributed by atoms with Crippen molar-refractivity contribution in [2.24, 2.45) is 0 Å². The summed E-state index contributed by atoms with van der Waals surface area (Å²) in [5.41, 5.74) is 0.912. The number of nitrogens with zero attached hydrogens (tertiary/aromatic N) is 1. The van der Waals surface area contributed by atoms with Gasteiger partial charge in [-0.05, 0) is 25.1 Å². The summed E-state index contributed by atoms with van der Waals surface area (Å²) in [7, 11) is 0. The van der Waals surface area contributed by atoms with Crippen molar-refractivity contribution < 1.29 is 14.3 Å². The van der Waals surface area contributed by atoms with Gasteiger partial charge in [-0.25, -0.2) is 4.79 Å². The highest BCUT2D eigenvalue weighted by atomic mass is 16.4. The number of carboxylic acids is 1. The van der Waals surface area contributed by atoms with Gasteiger partial charge in [0.1, 0.15) is 17.1 Å². The van der Waals surface area contributed by atoms with E-state index in [2.05, 4.69) is 0 Å².